The summed E-state index contributed by atoms with van der Waals surface area (Å²) < 4.78 is 5.26. The van der Waals surface area contributed by atoms with E-state index in [9.17, 15) is 10.1 Å². The van der Waals surface area contributed by atoms with E-state index in [0.29, 0.717) is 12.5 Å². The first-order valence-corrected chi connectivity index (χ1v) is 4.74. The first-order valence-electron chi connectivity index (χ1n) is 4.74. The normalized spacial score (nSPS) is 10.4. The Kier molecular flexibility index (Phi) is 3.60. The summed E-state index contributed by atoms with van der Waals surface area (Å²) in [5, 5.41) is 10.7. The molecule has 0 aliphatic rings. The maximum absolute atomic E-state index is 10.7. The Bertz CT molecular complexity index is 364. The van der Waals surface area contributed by atoms with Gasteiger partial charge in [-0.1, -0.05) is 13.8 Å². The van der Waals surface area contributed by atoms with Crippen molar-refractivity contribution in [2.75, 3.05) is 6.61 Å². The summed E-state index contributed by atoms with van der Waals surface area (Å²) in [7, 11) is 0. The van der Waals surface area contributed by atoms with Crippen LogP contribution in [0.5, 0.6) is 5.88 Å². The van der Waals surface area contributed by atoms with Crippen molar-refractivity contribution < 1.29 is 9.66 Å². The van der Waals surface area contributed by atoms with Crippen molar-refractivity contribution in [1.82, 2.24) is 4.98 Å². The minimum absolute atomic E-state index is 0.0735. The zero-order chi connectivity index (χ0) is 11.4. The van der Waals surface area contributed by atoms with Gasteiger partial charge in [-0.3, -0.25) is 10.1 Å². The van der Waals surface area contributed by atoms with Gasteiger partial charge in [0, 0.05) is 12.3 Å². The van der Waals surface area contributed by atoms with Crippen molar-refractivity contribution >= 4 is 5.69 Å². The van der Waals surface area contributed by atoms with Gasteiger partial charge in [0.1, 0.15) is 0 Å². The zero-order valence-electron chi connectivity index (χ0n) is 9.06. The molecule has 0 N–H and O–H groups in total. The molecule has 0 saturated heterocycles. The quantitative estimate of drug-likeness (QED) is 0.565. The van der Waals surface area contributed by atoms with E-state index < -0.39 is 4.92 Å². The molecular weight excluding hydrogens is 196 g/mol. The van der Waals surface area contributed by atoms with Crippen LogP contribution in [-0.4, -0.2) is 16.5 Å². The molecule has 1 aromatic heterocycles. The van der Waals surface area contributed by atoms with Gasteiger partial charge in [0.15, 0.2) is 0 Å². The van der Waals surface area contributed by atoms with Crippen LogP contribution in [0, 0.1) is 23.0 Å². The van der Waals surface area contributed by atoms with Gasteiger partial charge in [0.05, 0.1) is 11.5 Å². The summed E-state index contributed by atoms with van der Waals surface area (Å²) >= 11 is 0. The van der Waals surface area contributed by atoms with Crippen LogP contribution in [0.15, 0.2) is 12.3 Å². The highest BCUT2D eigenvalue weighted by Crippen LogP contribution is 2.24. The third kappa shape index (κ3) is 3.19. The number of nitro groups is 1. The number of rotatable bonds is 4. The largest absolute Gasteiger partial charge is 0.473 e. The van der Waals surface area contributed by atoms with Gasteiger partial charge in [-0.05, 0) is 18.4 Å². The monoisotopic (exact) mass is 210 g/mol. The van der Waals surface area contributed by atoms with Crippen LogP contribution in [0.1, 0.15) is 19.4 Å². The number of aryl methyl sites for hydroxylation is 1. The van der Waals surface area contributed by atoms with E-state index in [4.69, 9.17) is 4.74 Å². The van der Waals surface area contributed by atoms with E-state index in [1.165, 1.54) is 6.07 Å². The topological polar surface area (TPSA) is 65.3 Å². The van der Waals surface area contributed by atoms with Crippen LogP contribution < -0.4 is 4.74 Å². The van der Waals surface area contributed by atoms with Gasteiger partial charge in [-0.25, -0.2) is 4.98 Å². The minimum atomic E-state index is -0.477. The van der Waals surface area contributed by atoms with E-state index in [-0.39, 0.29) is 11.6 Å². The van der Waals surface area contributed by atoms with E-state index in [1.54, 1.807) is 13.1 Å². The Morgan fingerprint density at radius 1 is 1.60 bits per heavy atom. The molecule has 15 heavy (non-hydrogen) atoms. The summed E-state index contributed by atoms with van der Waals surface area (Å²) in [5.41, 5.74) is 0.675. The van der Waals surface area contributed by atoms with Gasteiger partial charge < -0.3 is 4.74 Å². The Balaban J connectivity index is 2.91. The Hall–Kier alpha value is -1.65. The number of hydrogen-bond acceptors (Lipinski definition) is 4. The van der Waals surface area contributed by atoms with Crippen LogP contribution in [0.2, 0.25) is 0 Å². The highest BCUT2D eigenvalue weighted by atomic mass is 16.6. The smallest absolute Gasteiger partial charge is 0.331 e. The Morgan fingerprint density at radius 3 is 2.80 bits per heavy atom. The molecule has 82 valence electrons. The van der Waals surface area contributed by atoms with Crippen molar-refractivity contribution in [1.29, 1.82) is 0 Å². The lowest BCUT2D eigenvalue weighted by molar-refractivity contribution is -0.386. The second-order valence-corrected chi connectivity index (χ2v) is 3.80. The molecule has 5 nitrogen and oxygen atoms in total. The molecule has 0 amide bonds. The van der Waals surface area contributed by atoms with Crippen molar-refractivity contribution in [3.05, 3.63) is 27.9 Å². The van der Waals surface area contributed by atoms with Crippen molar-refractivity contribution in [2.45, 2.75) is 20.8 Å². The number of nitrogens with zero attached hydrogens (tertiary/aromatic N) is 2. The first-order chi connectivity index (χ1) is 7.00. The van der Waals surface area contributed by atoms with Crippen LogP contribution in [-0.2, 0) is 0 Å². The van der Waals surface area contributed by atoms with E-state index >= 15 is 0 Å². The summed E-state index contributed by atoms with van der Waals surface area (Å²) in [5.74, 6) is 0.409. The zero-order valence-corrected chi connectivity index (χ0v) is 9.06. The molecule has 5 heteroatoms. The van der Waals surface area contributed by atoms with Gasteiger partial charge in [0.25, 0.3) is 5.88 Å². The van der Waals surface area contributed by atoms with Crippen molar-refractivity contribution in [3.8, 4) is 5.88 Å². The second-order valence-electron chi connectivity index (χ2n) is 3.80. The molecule has 0 spiro atoms. The summed E-state index contributed by atoms with van der Waals surface area (Å²) in [4.78, 5) is 14.1. The van der Waals surface area contributed by atoms with Gasteiger partial charge in [0.2, 0.25) is 0 Å². The lowest BCUT2D eigenvalue weighted by Gasteiger charge is -2.07. The predicted molar refractivity (Wildman–Crippen MR) is 56.0 cm³/mol. The second kappa shape index (κ2) is 4.72. The van der Waals surface area contributed by atoms with E-state index in [0.717, 1.165) is 5.56 Å². The molecule has 0 aromatic carbocycles. The third-order valence-corrected chi connectivity index (χ3v) is 1.72. The minimum Gasteiger partial charge on any atom is -0.473 e. The maximum Gasteiger partial charge on any atom is 0.331 e. The summed E-state index contributed by atoms with van der Waals surface area (Å²) in [6.45, 7) is 6.13. The van der Waals surface area contributed by atoms with Crippen LogP contribution >= 0.6 is 0 Å². The molecule has 0 radical (unpaired) electrons. The van der Waals surface area contributed by atoms with E-state index in [2.05, 4.69) is 4.98 Å². The van der Waals surface area contributed by atoms with E-state index in [1.807, 2.05) is 13.8 Å². The Morgan fingerprint density at radius 2 is 2.27 bits per heavy atom. The SMILES string of the molecule is Cc1cnc(OCC(C)C)c([N+](=O)[O-])c1. The molecule has 1 aromatic rings. The number of ether oxygens (including phenoxy) is 1. The van der Waals surface area contributed by atoms with Crippen molar-refractivity contribution in [3.63, 3.8) is 0 Å². The molecule has 1 heterocycles. The molecule has 0 bridgehead atoms. The molecule has 0 atom stereocenters. The first kappa shape index (κ1) is 11.4. The van der Waals surface area contributed by atoms with Gasteiger partial charge in [-0.15, -0.1) is 0 Å². The van der Waals surface area contributed by atoms with Crippen molar-refractivity contribution in [2.24, 2.45) is 5.92 Å². The van der Waals surface area contributed by atoms with Crippen LogP contribution in [0.25, 0.3) is 0 Å². The standard InChI is InChI=1S/C10H14N2O3/c1-7(2)6-15-10-9(12(13)14)4-8(3)5-11-10/h4-5,7H,6H2,1-3H3. The molecular formula is C10H14N2O3. The molecule has 0 aliphatic carbocycles. The average molecular weight is 210 g/mol. The van der Waals surface area contributed by atoms with Gasteiger partial charge >= 0.3 is 5.69 Å². The molecule has 0 saturated carbocycles. The highest BCUT2D eigenvalue weighted by Gasteiger charge is 2.17. The fourth-order valence-corrected chi connectivity index (χ4v) is 1.03. The lowest BCUT2D eigenvalue weighted by atomic mass is 10.2. The molecule has 0 aliphatic heterocycles. The third-order valence-electron chi connectivity index (χ3n) is 1.72. The molecule has 0 unspecified atom stereocenters. The maximum atomic E-state index is 10.7. The average Bonchev–Trinajstić information content (AvgIpc) is 2.15. The molecule has 0 fully saturated rings. The van der Waals surface area contributed by atoms with Crippen LogP contribution in [0.3, 0.4) is 0 Å². The summed E-state index contributed by atoms with van der Waals surface area (Å²) in [6, 6.07) is 1.46. The van der Waals surface area contributed by atoms with Crippen LogP contribution in [0.4, 0.5) is 5.69 Å². The Labute approximate surface area is 88.2 Å². The lowest BCUT2D eigenvalue weighted by Crippen LogP contribution is -2.07. The fourth-order valence-electron chi connectivity index (χ4n) is 1.03. The molecule has 1 rings (SSSR count). The number of hydrogen-bond donors (Lipinski definition) is 0. The summed E-state index contributed by atoms with van der Waals surface area (Å²) in [6.07, 6.45) is 1.56. The van der Waals surface area contributed by atoms with Gasteiger partial charge in [-0.2, -0.15) is 0 Å². The number of aromatic nitrogens is 1. The highest BCUT2D eigenvalue weighted by molar-refractivity contribution is 5.42. The number of pyridine rings is 1. The predicted octanol–water partition coefficient (Wildman–Crippen LogP) is 2.33. The fraction of sp³-hybridized carbons (Fsp3) is 0.500.